The smallest absolute Gasteiger partial charge is 0.258 e. The lowest BCUT2D eigenvalue weighted by Gasteiger charge is -2.44. The van der Waals surface area contributed by atoms with E-state index in [0.29, 0.717) is 16.6 Å². The summed E-state index contributed by atoms with van der Waals surface area (Å²) in [6, 6.07) is 0. The average molecular weight is 281 g/mol. The highest BCUT2D eigenvalue weighted by molar-refractivity contribution is 6.77. The molecule has 110 valence electrons. The summed E-state index contributed by atoms with van der Waals surface area (Å²) in [6.45, 7) is 14.3. The van der Waals surface area contributed by atoms with E-state index in [4.69, 9.17) is 4.43 Å². The molecule has 1 nitrogen and oxygen atoms in total. The van der Waals surface area contributed by atoms with Gasteiger partial charge in [-0.1, -0.05) is 41.5 Å². The van der Waals surface area contributed by atoms with Gasteiger partial charge in [0.05, 0.1) is 5.76 Å². The van der Waals surface area contributed by atoms with Crippen LogP contribution in [-0.4, -0.2) is 8.32 Å². The summed E-state index contributed by atoms with van der Waals surface area (Å²) in [7, 11) is -1.72. The molecule has 2 aliphatic rings. The summed E-state index contributed by atoms with van der Waals surface area (Å²) >= 11 is 0. The summed E-state index contributed by atoms with van der Waals surface area (Å²) in [5.74, 6) is 3.10. The van der Waals surface area contributed by atoms with E-state index in [2.05, 4.69) is 47.6 Å². The number of hydrogen-bond acceptors (Lipinski definition) is 1. The second-order valence-corrected chi connectivity index (χ2v) is 13.0. The lowest BCUT2D eigenvalue weighted by atomic mass is 9.94. The molecule has 0 radical (unpaired) electrons. The molecule has 2 aliphatic carbocycles. The Balaban J connectivity index is 2.23. The van der Waals surface area contributed by atoms with Crippen LogP contribution in [0, 0.1) is 11.8 Å². The predicted molar refractivity (Wildman–Crippen MR) is 85.7 cm³/mol. The van der Waals surface area contributed by atoms with Crippen molar-refractivity contribution < 1.29 is 4.43 Å². The van der Waals surface area contributed by atoms with E-state index in [0.717, 1.165) is 11.8 Å². The molecule has 1 saturated carbocycles. The van der Waals surface area contributed by atoms with Crippen LogP contribution in [0.1, 0.15) is 67.2 Å². The molecule has 0 unspecified atom stereocenters. The Kier molecular flexibility index (Phi) is 4.49. The zero-order chi connectivity index (χ0) is 14.2. The van der Waals surface area contributed by atoms with Gasteiger partial charge in [-0.25, -0.2) is 0 Å². The number of rotatable bonds is 5. The summed E-state index contributed by atoms with van der Waals surface area (Å²) < 4.78 is 6.89. The molecular weight excluding hydrogens is 248 g/mol. The fourth-order valence-electron chi connectivity index (χ4n) is 4.68. The topological polar surface area (TPSA) is 9.23 Å². The maximum atomic E-state index is 6.89. The molecule has 0 N–H and O–H groups in total. The first kappa shape index (κ1) is 15.2. The van der Waals surface area contributed by atoms with Gasteiger partial charge in [-0.2, -0.15) is 0 Å². The van der Waals surface area contributed by atoms with E-state index in [1.54, 1.807) is 0 Å². The van der Waals surface area contributed by atoms with Crippen LogP contribution in [0.5, 0.6) is 0 Å². The summed E-state index contributed by atoms with van der Waals surface area (Å²) in [5, 5.41) is 0. The van der Waals surface area contributed by atoms with Crippen molar-refractivity contribution in [2.24, 2.45) is 11.8 Å². The second kappa shape index (κ2) is 5.63. The van der Waals surface area contributed by atoms with Crippen LogP contribution in [0.2, 0.25) is 16.6 Å². The Morgan fingerprint density at radius 2 is 1.58 bits per heavy atom. The molecule has 0 saturated heterocycles. The maximum Gasteiger partial charge on any atom is 0.258 e. The lowest BCUT2D eigenvalue weighted by molar-refractivity contribution is 0.294. The van der Waals surface area contributed by atoms with Gasteiger partial charge in [0.25, 0.3) is 8.32 Å². The maximum absolute atomic E-state index is 6.89. The SMILES string of the molecule is CC(C)[Si](OC1=CC[C@@H]2CC[C@H]1C2)(C(C)C)C(C)C. The third-order valence-corrected chi connectivity index (χ3v) is 11.6. The molecule has 0 aliphatic heterocycles. The van der Waals surface area contributed by atoms with E-state index in [1.165, 1.54) is 31.4 Å². The molecular formula is C17H32OSi. The number of hydrogen-bond donors (Lipinski definition) is 0. The second-order valence-electron chi connectivity index (χ2n) is 7.64. The van der Waals surface area contributed by atoms with Crippen LogP contribution in [0.3, 0.4) is 0 Å². The average Bonchev–Trinajstić information content (AvgIpc) is 2.70. The molecule has 0 amide bonds. The Morgan fingerprint density at radius 3 is 2.11 bits per heavy atom. The Morgan fingerprint density at radius 1 is 1.00 bits per heavy atom. The number of fused-ring (bicyclic) bond motifs is 2. The minimum atomic E-state index is -1.72. The van der Waals surface area contributed by atoms with E-state index >= 15 is 0 Å². The molecule has 2 bridgehead atoms. The highest BCUT2D eigenvalue weighted by atomic mass is 28.4. The van der Waals surface area contributed by atoms with Crippen molar-refractivity contribution >= 4 is 8.32 Å². The van der Waals surface area contributed by atoms with Crippen molar-refractivity contribution in [2.45, 2.75) is 83.8 Å². The highest BCUT2D eigenvalue weighted by Gasteiger charge is 2.48. The molecule has 1 fully saturated rings. The van der Waals surface area contributed by atoms with Crippen LogP contribution in [0.15, 0.2) is 11.8 Å². The molecule has 2 heteroatoms. The van der Waals surface area contributed by atoms with Gasteiger partial charge in [0.2, 0.25) is 0 Å². The van der Waals surface area contributed by atoms with Crippen molar-refractivity contribution in [3.8, 4) is 0 Å². The van der Waals surface area contributed by atoms with Crippen molar-refractivity contribution in [3.05, 3.63) is 11.8 Å². The minimum absolute atomic E-state index is 0.688. The fraction of sp³-hybridized carbons (Fsp3) is 0.882. The van der Waals surface area contributed by atoms with Gasteiger partial charge in [-0.3, -0.25) is 0 Å². The van der Waals surface area contributed by atoms with E-state index in [9.17, 15) is 0 Å². The first-order chi connectivity index (χ1) is 8.87. The number of allylic oxidation sites excluding steroid dienone is 2. The Hall–Kier alpha value is -0.243. The first-order valence-corrected chi connectivity index (χ1v) is 10.4. The summed E-state index contributed by atoms with van der Waals surface area (Å²) in [4.78, 5) is 0. The van der Waals surface area contributed by atoms with Gasteiger partial charge in [0.1, 0.15) is 0 Å². The third-order valence-electron chi connectivity index (χ3n) is 5.60. The molecule has 0 spiro atoms. The molecule has 0 heterocycles. The molecule has 0 aromatic heterocycles. The Bertz CT molecular complexity index is 321. The van der Waals surface area contributed by atoms with Crippen molar-refractivity contribution in [3.63, 3.8) is 0 Å². The zero-order valence-electron chi connectivity index (χ0n) is 13.7. The molecule has 19 heavy (non-hydrogen) atoms. The molecule has 2 rings (SSSR count). The van der Waals surface area contributed by atoms with Gasteiger partial charge in [-0.05, 0) is 54.3 Å². The van der Waals surface area contributed by atoms with Gasteiger partial charge >= 0.3 is 0 Å². The molecule has 2 atom stereocenters. The van der Waals surface area contributed by atoms with Crippen LogP contribution >= 0.6 is 0 Å². The monoisotopic (exact) mass is 280 g/mol. The summed E-state index contributed by atoms with van der Waals surface area (Å²) in [5.41, 5.74) is 2.06. The highest BCUT2D eigenvalue weighted by Crippen LogP contribution is 2.48. The van der Waals surface area contributed by atoms with E-state index < -0.39 is 8.32 Å². The van der Waals surface area contributed by atoms with Crippen molar-refractivity contribution in [1.82, 2.24) is 0 Å². The standard InChI is InChI=1S/C17H32OSi/c1-12(2)19(13(3)4,14(5)6)18-17-10-8-15-7-9-16(17)11-15/h10,12-16H,7-9,11H2,1-6H3/t15-,16-/m0/s1. The predicted octanol–water partition coefficient (Wildman–Crippen LogP) is 5.88. The quantitative estimate of drug-likeness (QED) is 0.571. The fourth-order valence-corrected chi connectivity index (χ4v) is 10.0. The normalized spacial score (nSPS) is 27.3. The van der Waals surface area contributed by atoms with Crippen LogP contribution in [0.25, 0.3) is 0 Å². The summed E-state index contributed by atoms with van der Waals surface area (Å²) in [6.07, 6.45) is 7.90. The van der Waals surface area contributed by atoms with Crippen LogP contribution < -0.4 is 0 Å². The van der Waals surface area contributed by atoms with E-state index in [-0.39, 0.29) is 0 Å². The van der Waals surface area contributed by atoms with E-state index in [1.807, 2.05) is 0 Å². The third kappa shape index (κ3) is 2.65. The largest absolute Gasteiger partial charge is 0.546 e. The van der Waals surface area contributed by atoms with Gasteiger partial charge < -0.3 is 4.43 Å². The minimum Gasteiger partial charge on any atom is -0.546 e. The molecule has 0 aromatic rings. The van der Waals surface area contributed by atoms with Gasteiger partial charge in [0.15, 0.2) is 0 Å². The van der Waals surface area contributed by atoms with Crippen molar-refractivity contribution in [2.75, 3.05) is 0 Å². The zero-order valence-corrected chi connectivity index (χ0v) is 14.7. The van der Waals surface area contributed by atoms with Crippen LogP contribution in [0.4, 0.5) is 0 Å². The van der Waals surface area contributed by atoms with Crippen LogP contribution in [-0.2, 0) is 4.43 Å². The lowest BCUT2D eigenvalue weighted by Crippen LogP contribution is -2.48. The van der Waals surface area contributed by atoms with Crippen molar-refractivity contribution in [1.29, 1.82) is 0 Å². The van der Waals surface area contributed by atoms with Gasteiger partial charge in [0, 0.05) is 5.92 Å². The van der Waals surface area contributed by atoms with Gasteiger partial charge in [-0.15, -0.1) is 0 Å². The Labute approximate surface area is 120 Å². The first-order valence-electron chi connectivity index (χ1n) is 8.27. The molecule has 0 aromatic carbocycles.